The van der Waals surface area contributed by atoms with Crippen molar-refractivity contribution in [3.63, 3.8) is 0 Å². The third-order valence-corrected chi connectivity index (χ3v) is 6.94. The molecule has 0 amide bonds. The topological polar surface area (TPSA) is 36.9 Å². The van der Waals surface area contributed by atoms with E-state index >= 15 is 0 Å². The molecule has 0 aliphatic rings. The second-order valence-corrected chi connectivity index (χ2v) is 10.4. The number of aryl methyl sites for hydroxylation is 2. The predicted octanol–water partition coefficient (Wildman–Crippen LogP) is 11.8. The lowest BCUT2D eigenvalue weighted by atomic mass is 10.1. The van der Waals surface area contributed by atoms with Crippen LogP contribution >= 0.6 is 0 Å². The van der Waals surface area contributed by atoms with Gasteiger partial charge in [-0.1, -0.05) is 66.2 Å². The molecule has 0 aromatic heterocycles. The van der Waals surface area contributed by atoms with Crippen LogP contribution in [0.4, 0.5) is 0 Å². The minimum absolute atomic E-state index is 0.792. The third kappa shape index (κ3) is 8.52. The quantitative estimate of drug-likeness (QED) is 0.179. The molecular weight excluding hydrogens is 544 g/mol. The summed E-state index contributed by atoms with van der Waals surface area (Å²) < 4.78 is 23.5. The number of hydrogen-bond acceptors (Lipinski definition) is 4. The Morgan fingerprint density at radius 3 is 1.14 bits per heavy atom. The van der Waals surface area contributed by atoms with Crippen LogP contribution in [-0.4, -0.2) is 0 Å². The van der Waals surface area contributed by atoms with E-state index in [-0.39, 0.29) is 0 Å². The van der Waals surface area contributed by atoms with Gasteiger partial charge in [-0.15, -0.1) is 0 Å². The first-order valence-corrected chi connectivity index (χ1v) is 14.6. The highest BCUT2D eigenvalue weighted by atomic mass is 16.5. The van der Waals surface area contributed by atoms with Crippen LogP contribution in [0.3, 0.4) is 0 Å². The molecule has 0 saturated heterocycles. The molecule has 220 valence electrons. The van der Waals surface area contributed by atoms with E-state index in [0.29, 0.717) is 0 Å². The molecular formula is C40H36O4. The molecule has 0 aliphatic carbocycles. The number of rotatable bonds is 8. The average Bonchev–Trinajstić information content (AvgIpc) is 3.04. The van der Waals surface area contributed by atoms with Crippen LogP contribution in [0.15, 0.2) is 146 Å². The fourth-order valence-corrected chi connectivity index (χ4v) is 4.36. The van der Waals surface area contributed by atoms with Crippen molar-refractivity contribution in [2.24, 2.45) is 0 Å². The summed E-state index contributed by atoms with van der Waals surface area (Å²) in [5.41, 5.74) is 4.56. The molecule has 0 fully saturated rings. The van der Waals surface area contributed by atoms with Gasteiger partial charge in [-0.2, -0.15) is 0 Å². The van der Waals surface area contributed by atoms with Gasteiger partial charge < -0.3 is 18.9 Å². The van der Waals surface area contributed by atoms with Crippen molar-refractivity contribution < 1.29 is 18.9 Å². The van der Waals surface area contributed by atoms with Crippen molar-refractivity contribution in [2.45, 2.75) is 27.7 Å². The summed E-state index contributed by atoms with van der Waals surface area (Å²) in [5.74, 6) is 6.63. The fourth-order valence-electron chi connectivity index (χ4n) is 4.36. The van der Waals surface area contributed by atoms with Gasteiger partial charge in [-0.05, 0) is 129 Å². The van der Waals surface area contributed by atoms with Gasteiger partial charge >= 0.3 is 0 Å². The number of hydrogen-bond donors (Lipinski definition) is 0. The van der Waals surface area contributed by atoms with Crippen LogP contribution in [0, 0.1) is 27.7 Å². The number of benzene rings is 6. The van der Waals surface area contributed by atoms with E-state index in [1.807, 2.05) is 166 Å². The summed E-state index contributed by atoms with van der Waals surface area (Å²) in [6, 6.07) is 47.1. The summed E-state index contributed by atoms with van der Waals surface area (Å²) >= 11 is 0. The van der Waals surface area contributed by atoms with Crippen molar-refractivity contribution in [3.05, 3.63) is 168 Å². The largest absolute Gasteiger partial charge is 0.457 e. The molecule has 0 bridgehead atoms. The van der Waals surface area contributed by atoms with E-state index in [1.54, 1.807) is 0 Å². The van der Waals surface area contributed by atoms with E-state index in [1.165, 1.54) is 11.1 Å². The molecule has 0 atom stereocenters. The van der Waals surface area contributed by atoms with Gasteiger partial charge in [0.15, 0.2) is 0 Å². The zero-order chi connectivity index (χ0) is 30.7. The molecule has 0 aliphatic heterocycles. The average molecular weight is 581 g/mol. The molecule has 44 heavy (non-hydrogen) atoms. The van der Waals surface area contributed by atoms with Gasteiger partial charge in [0.05, 0.1) is 0 Å². The Kier molecular flexibility index (Phi) is 9.96. The molecule has 0 saturated carbocycles. The summed E-state index contributed by atoms with van der Waals surface area (Å²) in [6.07, 6.45) is 0. The molecule has 0 radical (unpaired) electrons. The van der Waals surface area contributed by atoms with Gasteiger partial charge in [-0.25, -0.2) is 0 Å². The van der Waals surface area contributed by atoms with Crippen molar-refractivity contribution in [1.82, 2.24) is 0 Å². The van der Waals surface area contributed by atoms with E-state index in [0.717, 1.165) is 57.1 Å². The van der Waals surface area contributed by atoms with Crippen molar-refractivity contribution >= 4 is 0 Å². The van der Waals surface area contributed by atoms with Gasteiger partial charge in [0.2, 0.25) is 0 Å². The summed E-state index contributed by atoms with van der Waals surface area (Å²) in [5, 5.41) is 0. The maximum atomic E-state index is 5.94. The number of ether oxygens (including phenoxy) is 4. The maximum Gasteiger partial charge on any atom is 0.130 e. The van der Waals surface area contributed by atoms with Crippen molar-refractivity contribution in [1.29, 1.82) is 0 Å². The highest BCUT2D eigenvalue weighted by molar-refractivity contribution is 5.50. The zero-order valence-corrected chi connectivity index (χ0v) is 25.5. The monoisotopic (exact) mass is 580 g/mol. The van der Waals surface area contributed by atoms with Gasteiger partial charge in [-0.3, -0.25) is 0 Å². The molecule has 0 unspecified atom stereocenters. The summed E-state index contributed by atoms with van der Waals surface area (Å²) in [4.78, 5) is 0. The molecule has 0 N–H and O–H groups in total. The molecule has 6 aromatic rings. The Labute approximate surface area is 260 Å². The van der Waals surface area contributed by atoms with Crippen LogP contribution < -0.4 is 18.9 Å². The molecule has 0 heterocycles. The second kappa shape index (κ2) is 14.6. The Balaban J connectivity index is 0.000000175. The lowest BCUT2D eigenvalue weighted by molar-refractivity contribution is 0.463. The van der Waals surface area contributed by atoms with Gasteiger partial charge in [0.1, 0.15) is 46.0 Å². The third-order valence-electron chi connectivity index (χ3n) is 6.94. The lowest BCUT2D eigenvalue weighted by Gasteiger charge is -2.15. The van der Waals surface area contributed by atoms with E-state index in [2.05, 4.69) is 6.92 Å². The van der Waals surface area contributed by atoms with Crippen LogP contribution in [-0.2, 0) is 0 Å². The summed E-state index contributed by atoms with van der Waals surface area (Å²) in [7, 11) is 0. The van der Waals surface area contributed by atoms with Gasteiger partial charge in [0.25, 0.3) is 0 Å². The van der Waals surface area contributed by atoms with Crippen molar-refractivity contribution in [3.8, 4) is 46.0 Å². The SMILES string of the molecule is Cc1c(Oc2ccccc2)ccc(Oc2ccccc2)c1C.Cc1ccc(Oc2ccc(Oc3cccc(C)c3)cc2)cc1. The highest BCUT2D eigenvalue weighted by Gasteiger charge is 2.10. The second-order valence-electron chi connectivity index (χ2n) is 10.4. The van der Waals surface area contributed by atoms with Crippen LogP contribution in [0.1, 0.15) is 22.3 Å². The fraction of sp³-hybridized carbons (Fsp3) is 0.100. The Morgan fingerprint density at radius 1 is 0.295 bits per heavy atom. The highest BCUT2D eigenvalue weighted by Crippen LogP contribution is 2.34. The van der Waals surface area contributed by atoms with Crippen LogP contribution in [0.5, 0.6) is 46.0 Å². The smallest absolute Gasteiger partial charge is 0.130 e. The zero-order valence-electron chi connectivity index (χ0n) is 25.5. The standard InChI is InChI=1S/2C20H18O2/c1-15-16(2)20(22-18-11-7-4-8-12-18)14-13-19(15)21-17-9-5-3-6-10-17;1-15-6-8-17(9-7-15)21-18-10-12-19(13-11-18)22-20-5-3-4-16(2)14-20/h2*3-14H,1-2H3. The lowest BCUT2D eigenvalue weighted by Crippen LogP contribution is -1.94. The minimum Gasteiger partial charge on any atom is -0.457 e. The Hall–Kier alpha value is -5.48. The maximum absolute atomic E-state index is 5.94. The number of para-hydroxylation sites is 2. The van der Waals surface area contributed by atoms with Gasteiger partial charge in [0, 0.05) is 0 Å². The molecule has 0 spiro atoms. The van der Waals surface area contributed by atoms with Crippen LogP contribution in [0.25, 0.3) is 0 Å². The van der Waals surface area contributed by atoms with Crippen LogP contribution in [0.2, 0.25) is 0 Å². The first-order valence-electron chi connectivity index (χ1n) is 14.6. The molecule has 6 rings (SSSR count). The first-order chi connectivity index (χ1) is 21.4. The molecule has 6 aromatic carbocycles. The minimum atomic E-state index is 0.792. The molecule has 4 nitrogen and oxygen atoms in total. The van der Waals surface area contributed by atoms with E-state index in [4.69, 9.17) is 18.9 Å². The van der Waals surface area contributed by atoms with E-state index < -0.39 is 0 Å². The first kappa shape index (κ1) is 30.0. The normalized spacial score (nSPS) is 10.3. The Morgan fingerprint density at radius 2 is 0.682 bits per heavy atom. The van der Waals surface area contributed by atoms with E-state index in [9.17, 15) is 0 Å². The summed E-state index contributed by atoms with van der Waals surface area (Å²) in [6.45, 7) is 8.20. The predicted molar refractivity (Wildman–Crippen MR) is 178 cm³/mol. The van der Waals surface area contributed by atoms with Crippen molar-refractivity contribution in [2.75, 3.05) is 0 Å². The Bertz CT molecular complexity index is 1700. The molecule has 4 heteroatoms.